The number of hydrogen-bond donors (Lipinski definition) is 1. The molecule has 2 rings (SSSR count). The second kappa shape index (κ2) is 6.01. The summed E-state index contributed by atoms with van der Waals surface area (Å²) in [6.45, 7) is 3.01. The van der Waals surface area contributed by atoms with E-state index in [-0.39, 0.29) is 0 Å². The highest BCUT2D eigenvalue weighted by atomic mass is 16.5. The Kier molecular flexibility index (Phi) is 4.36. The topological polar surface area (TPSA) is 39.1 Å². The molecule has 0 radical (unpaired) electrons. The van der Waals surface area contributed by atoms with E-state index in [4.69, 9.17) is 4.74 Å². The van der Waals surface area contributed by atoms with E-state index < -0.39 is 0 Å². The van der Waals surface area contributed by atoms with Gasteiger partial charge in [0.05, 0.1) is 11.8 Å². The normalized spacial score (nSPS) is 20.4. The Morgan fingerprint density at radius 2 is 2.50 bits per heavy atom. The van der Waals surface area contributed by atoms with Gasteiger partial charge in [-0.3, -0.25) is 4.68 Å². The van der Waals surface area contributed by atoms with E-state index in [2.05, 4.69) is 16.5 Å². The van der Waals surface area contributed by atoms with Crippen LogP contribution in [0.25, 0.3) is 0 Å². The van der Waals surface area contributed by atoms with Crippen molar-refractivity contribution in [2.45, 2.75) is 31.8 Å². The molecule has 16 heavy (non-hydrogen) atoms. The Balaban J connectivity index is 1.51. The van der Waals surface area contributed by atoms with Gasteiger partial charge in [0.1, 0.15) is 0 Å². The first-order valence-electron chi connectivity index (χ1n) is 6.15. The Morgan fingerprint density at radius 3 is 3.19 bits per heavy atom. The van der Waals surface area contributed by atoms with E-state index in [1.165, 1.54) is 12.8 Å². The first-order chi connectivity index (χ1) is 7.84. The lowest BCUT2D eigenvalue weighted by atomic mass is 10.2. The van der Waals surface area contributed by atoms with Gasteiger partial charge in [-0.25, -0.2) is 0 Å². The largest absolute Gasteiger partial charge is 0.378 e. The molecule has 2 heterocycles. The van der Waals surface area contributed by atoms with Crippen LogP contribution in [-0.2, 0) is 18.2 Å². The van der Waals surface area contributed by atoms with Crippen LogP contribution >= 0.6 is 0 Å². The summed E-state index contributed by atoms with van der Waals surface area (Å²) in [5, 5.41) is 7.78. The zero-order valence-corrected chi connectivity index (χ0v) is 9.98. The molecule has 4 heteroatoms. The molecule has 0 bridgehead atoms. The van der Waals surface area contributed by atoms with Crippen LogP contribution in [0.15, 0.2) is 12.3 Å². The summed E-state index contributed by atoms with van der Waals surface area (Å²) in [7, 11) is 1.95. The van der Waals surface area contributed by atoms with Gasteiger partial charge in [0.2, 0.25) is 0 Å². The molecule has 1 aliphatic rings. The fourth-order valence-corrected chi connectivity index (χ4v) is 2.07. The van der Waals surface area contributed by atoms with E-state index in [0.717, 1.165) is 38.2 Å². The van der Waals surface area contributed by atoms with Crippen LogP contribution in [0.4, 0.5) is 0 Å². The molecule has 1 N–H and O–H groups in total. The lowest BCUT2D eigenvalue weighted by Gasteiger charge is -2.09. The Labute approximate surface area is 97.0 Å². The maximum Gasteiger partial charge on any atom is 0.0637 e. The second-order valence-electron chi connectivity index (χ2n) is 4.40. The number of ether oxygens (including phenoxy) is 1. The third-order valence-corrected chi connectivity index (χ3v) is 2.99. The molecular formula is C12H21N3O. The molecule has 0 aliphatic carbocycles. The number of hydrogen-bond acceptors (Lipinski definition) is 3. The Bertz CT molecular complexity index is 305. The summed E-state index contributed by atoms with van der Waals surface area (Å²) in [5.41, 5.74) is 1.16. The fraction of sp³-hybridized carbons (Fsp3) is 0.750. The predicted octanol–water partition coefficient (Wildman–Crippen LogP) is 1.12. The standard InChI is InChI=1S/C12H21N3O/c1-15-9-6-11(14-15)4-7-13-8-5-12-3-2-10-16-12/h6,9,12-13H,2-5,7-8,10H2,1H3. The molecule has 1 aliphatic heterocycles. The van der Waals surface area contributed by atoms with Gasteiger partial charge in [-0.2, -0.15) is 5.10 Å². The van der Waals surface area contributed by atoms with Crippen LogP contribution in [0.1, 0.15) is 25.0 Å². The lowest BCUT2D eigenvalue weighted by Crippen LogP contribution is -2.22. The number of aryl methyl sites for hydroxylation is 1. The molecule has 1 aromatic rings. The quantitative estimate of drug-likeness (QED) is 0.735. The summed E-state index contributed by atoms with van der Waals surface area (Å²) in [6, 6.07) is 2.07. The number of rotatable bonds is 6. The van der Waals surface area contributed by atoms with Crippen molar-refractivity contribution in [3.05, 3.63) is 18.0 Å². The summed E-state index contributed by atoms with van der Waals surface area (Å²) in [5.74, 6) is 0. The van der Waals surface area contributed by atoms with E-state index in [9.17, 15) is 0 Å². The zero-order valence-electron chi connectivity index (χ0n) is 9.98. The lowest BCUT2D eigenvalue weighted by molar-refractivity contribution is 0.104. The minimum atomic E-state index is 0.502. The van der Waals surface area contributed by atoms with Gasteiger partial charge in [0.25, 0.3) is 0 Å². The van der Waals surface area contributed by atoms with Crippen molar-refractivity contribution in [1.82, 2.24) is 15.1 Å². The van der Waals surface area contributed by atoms with Crippen LogP contribution < -0.4 is 5.32 Å². The van der Waals surface area contributed by atoms with Gasteiger partial charge in [-0.15, -0.1) is 0 Å². The van der Waals surface area contributed by atoms with E-state index in [1.54, 1.807) is 0 Å². The molecule has 1 fully saturated rings. The van der Waals surface area contributed by atoms with Crippen LogP contribution in [0.2, 0.25) is 0 Å². The van der Waals surface area contributed by atoms with Gasteiger partial charge in [-0.1, -0.05) is 0 Å². The van der Waals surface area contributed by atoms with Crippen LogP contribution in [-0.4, -0.2) is 35.6 Å². The first kappa shape index (κ1) is 11.6. The van der Waals surface area contributed by atoms with Crippen molar-refractivity contribution < 1.29 is 4.74 Å². The van der Waals surface area contributed by atoms with Crippen molar-refractivity contribution >= 4 is 0 Å². The summed E-state index contributed by atoms with van der Waals surface area (Å²) < 4.78 is 7.41. The summed E-state index contributed by atoms with van der Waals surface area (Å²) in [4.78, 5) is 0. The first-order valence-corrected chi connectivity index (χ1v) is 6.15. The van der Waals surface area contributed by atoms with Crippen molar-refractivity contribution in [2.24, 2.45) is 7.05 Å². The summed E-state index contributed by atoms with van der Waals surface area (Å²) in [6.07, 6.45) is 7.11. The molecule has 90 valence electrons. The molecule has 4 nitrogen and oxygen atoms in total. The number of aromatic nitrogens is 2. The van der Waals surface area contributed by atoms with Crippen molar-refractivity contribution in [2.75, 3.05) is 19.7 Å². The minimum Gasteiger partial charge on any atom is -0.378 e. The highest BCUT2D eigenvalue weighted by Crippen LogP contribution is 2.14. The van der Waals surface area contributed by atoms with Crippen LogP contribution in [0.3, 0.4) is 0 Å². The van der Waals surface area contributed by atoms with E-state index in [1.807, 2.05) is 17.9 Å². The second-order valence-corrected chi connectivity index (χ2v) is 4.40. The molecule has 1 unspecified atom stereocenters. The van der Waals surface area contributed by atoms with Crippen LogP contribution in [0.5, 0.6) is 0 Å². The molecule has 0 aromatic carbocycles. The Hall–Kier alpha value is -0.870. The van der Waals surface area contributed by atoms with Crippen LogP contribution in [0, 0.1) is 0 Å². The molecule has 1 saturated heterocycles. The molecule has 1 atom stereocenters. The van der Waals surface area contributed by atoms with Crippen molar-refractivity contribution in [3.63, 3.8) is 0 Å². The van der Waals surface area contributed by atoms with E-state index >= 15 is 0 Å². The van der Waals surface area contributed by atoms with Gasteiger partial charge < -0.3 is 10.1 Å². The Morgan fingerprint density at radius 1 is 1.56 bits per heavy atom. The SMILES string of the molecule is Cn1ccc(CCNCCC2CCCO2)n1. The molecule has 0 amide bonds. The van der Waals surface area contributed by atoms with Crippen molar-refractivity contribution in [3.8, 4) is 0 Å². The third kappa shape index (κ3) is 3.61. The fourth-order valence-electron chi connectivity index (χ4n) is 2.07. The van der Waals surface area contributed by atoms with Gasteiger partial charge in [0.15, 0.2) is 0 Å². The molecule has 1 aromatic heterocycles. The predicted molar refractivity (Wildman–Crippen MR) is 63.4 cm³/mol. The highest BCUT2D eigenvalue weighted by molar-refractivity contribution is 4.98. The van der Waals surface area contributed by atoms with Gasteiger partial charge >= 0.3 is 0 Å². The van der Waals surface area contributed by atoms with E-state index in [0.29, 0.717) is 6.10 Å². The maximum atomic E-state index is 5.57. The smallest absolute Gasteiger partial charge is 0.0637 e. The molecular weight excluding hydrogens is 202 g/mol. The van der Waals surface area contributed by atoms with Crippen molar-refractivity contribution in [1.29, 1.82) is 0 Å². The summed E-state index contributed by atoms with van der Waals surface area (Å²) >= 11 is 0. The number of nitrogens with zero attached hydrogens (tertiary/aromatic N) is 2. The van der Waals surface area contributed by atoms with Gasteiger partial charge in [0, 0.05) is 32.8 Å². The molecule has 0 saturated carbocycles. The maximum absolute atomic E-state index is 5.57. The molecule has 0 spiro atoms. The average molecular weight is 223 g/mol. The number of nitrogens with one attached hydrogen (secondary N) is 1. The minimum absolute atomic E-state index is 0.502. The average Bonchev–Trinajstić information content (AvgIpc) is 2.89. The monoisotopic (exact) mass is 223 g/mol. The third-order valence-electron chi connectivity index (χ3n) is 2.99. The highest BCUT2D eigenvalue weighted by Gasteiger charge is 2.14. The zero-order chi connectivity index (χ0) is 11.2. The van der Waals surface area contributed by atoms with Gasteiger partial charge in [-0.05, 0) is 31.9 Å².